The Hall–Kier alpha value is -4.92. The molecule has 0 atom stereocenters. The predicted octanol–water partition coefficient (Wildman–Crippen LogP) is 8.24. The van der Waals surface area contributed by atoms with E-state index in [2.05, 4.69) is 39.1 Å². The van der Waals surface area contributed by atoms with Gasteiger partial charge in [-0.3, -0.25) is 14.3 Å². The van der Waals surface area contributed by atoms with Gasteiger partial charge in [0.25, 0.3) is 5.91 Å². The molecule has 1 amide bonds. The zero-order chi connectivity index (χ0) is 34.4. The lowest BCUT2D eigenvalue weighted by Crippen LogP contribution is -2.35. The van der Waals surface area contributed by atoms with Crippen LogP contribution in [0.2, 0.25) is 0 Å². The normalized spacial score (nSPS) is 14.4. The molecule has 9 heteroatoms. The van der Waals surface area contributed by atoms with Gasteiger partial charge in [0.15, 0.2) is 0 Å². The number of aryl methyl sites for hydroxylation is 1. The number of halogens is 1. The van der Waals surface area contributed by atoms with E-state index in [1.807, 2.05) is 61.9 Å². The molecule has 3 heterocycles. The Morgan fingerprint density at radius 1 is 0.958 bits per heavy atom. The summed E-state index contributed by atoms with van der Waals surface area (Å²) in [7, 11) is 0. The first-order valence-corrected chi connectivity index (χ1v) is 16.6. The molecule has 5 aromatic rings. The first-order valence-electron chi connectivity index (χ1n) is 16.6. The Morgan fingerprint density at radius 2 is 1.62 bits per heavy atom. The van der Waals surface area contributed by atoms with Crippen LogP contribution in [0, 0.1) is 18.7 Å². The standard InChI is InChI=1S/C39H44FN5O3/c1-25-23-44(24-26-17-19-43(20-18-26)31-14-9-28(10-15-31)39(5,6)37(47)48)34-21-30(13-16-32(25)34)42-36(46)33-22-41-45(38(2,3)4)35(33)27-7-11-29(40)12-8-27/h7-16,21-23,26H,17-20,24H2,1-6H3,(H,42,46)(H,47,48). The van der Waals surface area contributed by atoms with Crippen molar-refractivity contribution in [2.45, 2.75) is 71.9 Å². The second-order valence-corrected chi connectivity index (χ2v) is 14.6. The number of carbonyl (C=O) groups excluding carboxylic acids is 1. The molecule has 48 heavy (non-hydrogen) atoms. The molecule has 2 aromatic heterocycles. The molecule has 8 nitrogen and oxygen atoms in total. The highest BCUT2D eigenvalue weighted by atomic mass is 19.1. The number of rotatable bonds is 8. The van der Waals surface area contributed by atoms with Crippen molar-refractivity contribution >= 4 is 34.2 Å². The van der Waals surface area contributed by atoms with Crippen molar-refractivity contribution in [1.82, 2.24) is 14.3 Å². The highest BCUT2D eigenvalue weighted by molar-refractivity contribution is 6.08. The molecule has 0 spiro atoms. The topological polar surface area (TPSA) is 92.4 Å². The van der Waals surface area contributed by atoms with Crippen LogP contribution in [0.25, 0.3) is 22.2 Å². The maximum Gasteiger partial charge on any atom is 0.313 e. The maximum absolute atomic E-state index is 13.8. The van der Waals surface area contributed by atoms with E-state index in [0.717, 1.165) is 60.2 Å². The van der Waals surface area contributed by atoms with Crippen LogP contribution >= 0.6 is 0 Å². The monoisotopic (exact) mass is 649 g/mol. The van der Waals surface area contributed by atoms with Crippen LogP contribution in [0.4, 0.5) is 15.8 Å². The van der Waals surface area contributed by atoms with Gasteiger partial charge in [-0.1, -0.05) is 18.2 Å². The molecule has 1 aliphatic rings. The number of nitrogens with one attached hydrogen (secondary N) is 1. The number of carboxylic acid groups (broad SMARTS) is 1. The van der Waals surface area contributed by atoms with E-state index < -0.39 is 11.4 Å². The van der Waals surface area contributed by atoms with Crippen molar-refractivity contribution < 1.29 is 19.1 Å². The lowest BCUT2D eigenvalue weighted by molar-refractivity contribution is -0.142. The minimum atomic E-state index is -0.922. The minimum absolute atomic E-state index is 0.272. The van der Waals surface area contributed by atoms with Crippen LogP contribution in [-0.4, -0.2) is 44.4 Å². The van der Waals surface area contributed by atoms with E-state index in [1.165, 1.54) is 17.7 Å². The number of nitrogens with zero attached hydrogens (tertiary/aromatic N) is 4. The molecule has 2 N–H and O–H groups in total. The molecule has 6 rings (SSSR count). The average molecular weight is 650 g/mol. The zero-order valence-electron chi connectivity index (χ0n) is 28.5. The van der Waals surface area contributed by atoms with Gasteiger partial charge in [-0.2, -0.15) is 5.10 Å². The lowest BCUT2D eigenvalue weighted by Gasteiger charge is -2.34. The number of piperidine rings is 1. The van der Waals surface area contributed by atoms with Crippen LogP contribution in [0.1, 0.15) is 68.9 Å². The molecule has 0 saturated carbocycles. The van der Waals surface area contributed by atoms with Crippen molar-refractivity contribution in [3.8, 4) is 11.3 Å². The number of carbonyl (C=O) groups is 2. The Balaban J connectivity index is 1.17. The summed E-state index contributed by atoms with van der Waals surface area (Å²) in [6.45, 7) is 14.4. The fourth-order valence-electron chi connectivity index (χ4n) is 6.68. The lowest BCUT2D eigenvalue weighted by atomic mass is 9.84. The van der Waals surface area contributed by atoms with E-state index in [1.54, 1.807) is 32.2 Å². The molecule has 3 aromatic carbocycles. The quantitative estimate of drug-likeness (QED) is 0.177. The largest absolute Gasteiger partial charge is 0.481 e. The number of fused-ring (bicyclic) bond motifs is 1. The van der Waals surface area contributed by atoms with Gasteiger partial charge in [0.2, 0.25) is 0 Å². The highest BCUT2D eigenvalue weighted by Gasteiger charge is 2.30. The third kappa shape index (κ3) is 6.46. The van der Waals surface area contributed by atoms with Gasteiger partial charge in [-0.15, -0.1) is 0 Å². The van der Waals surface area contributed by atoms with Crippen LogP contribution in [0.3, 0.4) is 0 Å². The van der Waals surface area contributed by atoms with E-state index >= 15 is 0 Å². The van der Waals surface area contributed by atoms with Crippen molar-refractivity contribution in [2.24, 2.45) is 5.92 Å². The first-order chi connectivity index (χ1) is 22.7. The van der Waals surface area contributed by atoms with Gasteiger partial charge in [0, 0.05) is 48.2 Å². The summed E-state index contributed by atoms with van der Waals surface area (Å²) in [5.74, 6) is -0.938. The summed E-state index contributed by atoms with van der Waals surface area (Å²) >= 11 is 0. The van der Waals surface area contributed by atoms with Crippen LogP contribution in [0.5, 0.6) is 0 Å². The fraction of sp³-hybridized carbons (Fsp3) is 0.359. The molecule has 250 valence electrons. The predicted molar refractivity (Wildman–Crippen MR) is 189 cm³/mol. The van der Waals surface area contributed by atoms with E-state index in [-0.39, 0.29) is 17.3 Å². The van der Waals surface area contributed by atoms with E-state index in [0.29, 0.717) is 22.9 Å². The number of anilines is 2. The maximum atomic E-state index is 13.8. The number of aromatic nitrogens is 3. The van der Waals surface area contributed by atoms with Gasteiger partial charge in [0.05, 0.1) is 33.9 Å². The SMILES string of the molecule is Cc1cn(CC2CCN(c3ccc(C(C)(C)C(=O)O)cc3)CC2)c2cc(NC(=O)c3cnn(C(C)(C)C)c3-c3ccc(F)cc3)ccc12. The Labute approximate surface area is 281 Å². The molecular formula is C39H44FN5O3. The van der Waals surface area contributed by atoms with Crippen LogP contribution < -0.4 is 10.2 Å². The van der Waals surface area contributed by atoms with Crippen molar-refractivity contribution in [1.29, 1.82) is 0 Å². The smallest absolute Gasteiger partial charge is 0.313 e. The number of amides is 1. The molecule has 0 aliphatic carbocycles. The molecule has 1 aliphatic heterocycles. The summed E-state index contributed by atoms with van der Waals surface area (Å²) in [6, 6.07) is 20.1. The summed E-state index contributed by atoms with van der Waals surface area (Å²) in [5.41, 5.74) is 5.37. The first kappa shape index (κ1) is 33.0. The minimum Gasteiger partial charge on any atom is -0.481 e. The van der Waals surface area contributed by atoms with Gasteiger partial charge in [-0.05, 0) is 120 Å². The van der Waals surface area contributed by atoms with Crippen molar-refractivity contribution in [3.63, 3.8) is 0 Å². The number of benzene rings is 3. The molecule has 0 unspecified atom stereocenters. The van der Waals surface area contributed by atoms with E-state index in [4.69, 9.17) is 0 Å². The second kappa shape index (κ2) is 12.6. The molecule has 1 fully saturated rings. The van der Waals surface area contributed by atoms with Gasteiger partial charge in [0.1, 0.15) is 5.82 Å². The van der Waals surface area contributed by atoms with Crippen molar-refractivity contribution in [2.75, 3.05) is 23.3 Å². The molecular weight excluding hydrogens is 605 g/mol. The van der Waals surface area contributed by atoms with Gasteiger partial charge >= 0.3 is 5.97 Å². The van der Waals surface area contributed by atoms with Crippen LogP contribution in [0.15, 0.2) is 79.1 Å². The summed E-state index contributed by atoms with van der Waals surface area (Å²) in [6.07, 6.45) is 5.87. The summed E-state index contributed by atoms with van der Waals surface area (Å²) in [5, 5.41) is 18.4. The number of hydrogen-bond acceptors (Lipinski definition) is 4. The fourth-order valence-corrected chi connectivity index (χ4v) is 6.68. The number of hydrogen-bond donors (Lipinski definition) is 2. The third-order valence-electron chi connectivity index (χ3n) is 9.66. The highest BCUT2D eigenvalue weighted by Crippen LogP contribution is 2.33. The Morgan fingerprint density at radius 3 is 2.25 bits per heavy atom. The molecule has 1 saturated heterocycles. The zero-order valence-corrected chi connectivity index (χ0v) is 28.5. The number of carboxylic acids is 1. The van der Waals surface area contributed by atoms with Gasteiger partial charge in [-0.25, -0.2) is 4.39 Å². The Kier molecular flexibility index (Phi) is 8.66. The van der Waals surface area contributed by atoms with Crippen LogP contribution in [-0.2, 0) is 22.3 Å². The van der Waals surface area contributed by atoms with E-state index in [9.17, 15) is 19.1 Å². The average Bonchev–Trinajstić information content (AvgIpc) is 3.63. The Bertz CT molecular complexity index is 1960. The van der Waals surface area contributed by atoms with Gasteiger partial charge < -0.3 is 19.9 Å². The summed E-state index contributed by atoms with van der Waals surface area (Å²) in [4.78, 5) is 27.8. The number of aliphatic carboxylic acids is 1. The second-order valence-electron chi connectivity index (χ2n) is 14.6. The van der Waals surface area contributed by atoms with Crippen molar-refractivity contribution in [3.05, 3.63) is 102 Å². The third-order valence-corrected chi connectivity index (χ3v) is 9.66. The summed E-state index contributed by atoms with van der Waals surface area (Å²) < 4.78 is 17.9. The molecule has 0 bridgehead atoms. The molecule has 0 radical (unpaired) electrons.